The highest BCUT2D eigenvalue weighted by molar-refractivity contribution is 7.99. The third-order valence-corrected chi connectivity index (χ3v) is 3.27. The Labute approximate surface area is 101 Å². The summed E-state index contributed by atoms with van der Waals surface area (Å²) < 4.78 is 5.26. The number of aldehydes is 1. The van der Waals surface area contributed by atoms with Crippen LogP contribution >= 0.6 is 11.8 Å². The molecular formula is C13H18O2S. The van der Waals surface area contributed by atoms with Crippen LogP contribution in [0.2, 0.25) is 0 Å². The predicted octanol–water partition coefficient (Wildman–Crippen LogP) is 3.50. The van der Waals surface area contributed by atoms with Gasteiger partial charge in [0.05, 0.1) is 7.11 Å². The lowest BCUT2D eigenvalue weighted by Gasteiger charge is -2.13. The normalized spacial score (nSPS) is 12.6. The van der Waals surface area contributed by atoms with Gasteiger partial charge in [-0.25, -0.2) is 0 Å². The van der Waals surface area contributed by atoms with Crippen LogP contribution in [0.4, 0.5) is 0 Å². The molecule has 0 aliphatic carbocycles. The summed E-state index contributed by atoms with van der Waals surface area (Å²) in [4.78, 5) is 12.0. The fourth-order valence-corrected chi connectivity index (χ4v) is 2.37. The highest BCUT2D eigenvalue weighted by Gasteiger charge is 2.12. The molecule has 3 heteroatoms. The minimum absolute atomic E-state index is 0.123. The molecule has 0 spiro atoms. The highest BCUT2D eigenvalue weighted by atomic mass is 32.2. The summed E-state index contributed by atoms with van der Waals surface area (Å²) in [6.45, 7) is 6.18. The van der Waals surface area contributed by atoms with Crippen LogP contribution in [0.25, 0.3) is 0 Å². The summed E-state index contributed by atoms with van der Waals surface area (Å²) in [6.07, 6.45) is 0.946. The number of ether oxygens (including phenoxy) is 1. The zero-order chi connectivity index (χ0) is 12.1. The van der Waals surface area contributed by atoms with E-state index in [2.05, 4.69) is 13.8 Å². The van der Waals surface area contributed by atoms with Gasteiger partial charge in [-0.05, 0) is 18.2 Å². The van der Waals surface area contributed by atoms with E-state index in [1.54, 1.807) is 18.9 Å². The summed E-state index contributed by atoms with van der Waals surface area (Å²) >= 11 is 1.79. The van der Waals surface area contributed by atoms with Crippen molar-refractivity contribution in [3.8, 4) is 5.75 Å². The molecule has 0 aliphatic heterocycles. The quantitative estimate of drug-likeness (QED) is 0.580. The van der Waals surface area contributed by atoms with Gasteiger partial charge >= 0.3 is 0 Å². The number of carbonyl (C=O) groups is 1. The van der Waals surface area contributed by atoms with Gasteiger partial charge in [-0.1, -0.05) is 20.8 Å². The monoisotopic (exact) mass is 238 g/mol. The van der Waals surface area contributed by atoms with Gasteiger partial charge in [0, 0.05) is 21.6 Å². The topological polar surface area (TPSA) is 26.3 Å². The van der Waals surface area contributed by atoms with Gasteiger partial charge in [-0.15, -0.1) is 11.8 Å². The average molecular weight is 238 g/mol. The summed E-state index contributed by atoms with van der Waals surface area (Å²) in [5, 5.41) is 0.535. The summed E-state index contributed by atoms with van der Waals surface area (Å²) in [5.74, 6) is 0.662. The first-order chi connectivity index (χ1) is 7.58. The first-order valence-corrected chi connectivity index (χ1v) is 6.26. The fraction of sp³-hybridized carbons (Fsp3) is 0.462. The lowest BCUT2D eigenvalue weighted by molar-refractivity contribution is -0.108. The molecule has 0 saturated carbocycles. The standard InChI is InChI=1S/C13H18O2S/c1-9(2)16-11-5-6-13(15-4)12(7-11)10(3)8-14/h5-10H,1-4H3. The van der Waals surface area contributed by atoms with Crippen LogP contribution in [-0.4, -0.2) is 18.6 Å². The number of rotatable bonds is 5. The van der Waals surface area contributed by atoms with E-state index in [9.17, 15) is 4.79 Å². The van der Waals surface area contributed by atoms with Crippen LogP contribution in [0.1, 0.15) is 32.3 Å². The molecule has 0 aliphatic rings. The second kappa shape index (κ2) is 5.94. The number of hydrogen-bond acceptors (Lipinski definition) is 3. The van der Waals surface area contributed by atoms with Crippen LogP contribution in [-0.2, 0) is 4.79 Å². The lowest BCUT2D eigenvalue weighted by atomic mass is 10.0. The first-order valence-electron chi connectivity index (χ1n) is 5.38. The molecule has 0 heterocycles. The molecule has 0 fully saturated rings. The van der Waals surface area contributed by atoms with Crippen molar-refractivity contribution in [1.82, 2.24) is 0 Å². The molecule has 1 aromatic carbocycles. The third kappa shape index (κ3) is 3.27. The molecule has 2 nitrogen and oxygen atoms in total. The van der Waals surface area contributed by atoms with E-state index in [0.717, 1.165) is 17.6 Å². The Hall–Kier alpha value is -0.960. The molecule has 1 atom stereocenters. The van der Waals surface area contributed by atoms with Crippen molar-refractivity contribution < 1.29 is 9.53 Å². The smallest absolute Gasteiger partial charge is 0.127 e. The minimum Gasteiger partial charge on any atom is -0.496 e. The average Bonchev–Trinajstić information content (AvgIpc) is 2.27. The van der Waals surface area contributed by atoms with Crippen LogP contribution in [0.3, 0.4) is 0 Å². The lowest BCUT2D eigenvalue weighted by Crippen LogP contribution is -1.99. The van der Waals surface area contributed by atoms with Gasteiger partial charge in [0.15, 0.2) is 0 Å². The molecule has 0 N–H and O–H groups in total. The van der Waals surface area contributed by atoms with Crippen LogP contribution < -0.4 is 4.74 Å². The number of hydrogen-bond donors (Lipinski definition) is 0. The van der Waals surface area contributed by atoms with Crippen LogP contribution in [0.5, 0.6) is 5.75 Å². The van der Waals surface area contributed by atoms with Gasteiger partial charge in [0.25, 0.3) is 0 Å². The van der Waals surface area contributed by atoms with Crippen molar-refractivity contribution in [2.24, 2.45) is 0 Å². The molecule has 1 unspecified atom stereocenters. The van der Waals surface area contributed by atoms with Gasteiger partial charge in [0.2, 0.25) is 0 Å². The predicted molar refractivity (Wildman–Crippen MR) is 68.5 cm³/mol. The zero-order valence-electron chi connectivity index (χ0n) is 10.2. The molecular weight excluding hydrogens is 220 g/mol. The molecule has 88 valence electrons. The van der Waals surface area contributed by atoms with Gasteiger partial charge < -0.3 is 9.53 Å². The van der Waals surface area contributed by atoms with Crippen molar-refractivity contribution in [2.75, 3.05) is 7.11 Å². The number of thioether (sulfide) groups is 1. The van der Waals surface area contributed by atoms with Crippen LogP contribution in [0, 0.1) is 0 Å². The molecule has 16 heavy (non-hydrogen) atoms. The Kier molecular flexibility index (Phi) is 4.87. The third-order valence-electron chi connectivity index (χ3n) is 2.27. The molecule has 0 radical (unpaired) electrons. The Balaban J connectivity index is 3.05. The van der Waals surface area contributed by atoms with E-state index in [4.69, 9.17) is 4.74 Å². The Morgan fingerprint density at radius 2 is 2.00 bits per heavy atom. The molecule has 0 aromatic heterocycles. The summed E-state index contributed by atoms with van der Waals surface area (Å²) in [7, 11) is 1.63. The van der Waals surface area contributed by atoms with Crippen molar-refractivity contribution in [2.45, 2.75) is 36.8 Å². The first kappa shape index (κ1) is 13.1. The van der Waals surface area contributed by atoms with E-state index in [1.807, 2.05) is 25.1 Å². The second-order valence-electron chi connectivity index (χ2n) is 4.00. The maximum absolute atomic E-state index is 10.8. The van der Waals surface area contributed by atoms with E-state index < -0.39 is 0 Å². The summed E-state index contributed by atoms with van der Waals surface area (Å²) in [6, 6.07) is 6.01. The Morgan fingerprint density at radius 1 is 1.31 bits per heavy atom. The van der Waals surface area contributed by atoms with Gasteiger partial charge in [-0.3, -0.25) is 0 Å². The Bertz CT molecular complexity index is 361. The minimum atomic E-state index is -0.123. The molecule has 1 aromatic rings. The molecule has 1 rings (SSSR count). The maximum atomic E-state index is 10.8. The van der Waals surface area contributed by atoms with Crippen LogP contribution in [0.15, 0.2) is 23.1 Å². The van der Waals surface area contributed by atoms with E-state index in [1.165, 1.54) is 4.90 Å². The van der Waals surface area contributed by atoms with Crippen molar-refractivity contribution >= 4 is 18.0 Å². The van der Waals surface area contributed by atoms with Crippen molar-refractivity contribution in [3.63, 3.8) is 0 Å². The second-order valence-corrected chi connectivity index (χ2v) is 5.65. The SMILES string of the molecule is COc1ccc(SC(C)C)cc1C(C)C=O. The largest absolute Gasteiger partial charge is 0.496 e. The fourth-order valence-electron chi connectivity index (χ4n) is 1.49. The number of benzene rings is 1. The van der Waals surface area contributed by atoms with Gasteiger partial charge in [0.1, 0.15) is 12.0 Å². The summed E-state index contributed by atoms with van der Waals surface area (Å²) in [5.41, 5.74) is 0.961. The molecule has 0 amide bonds. The van der Waals surface area contributed by atoms with E-state index in [0.29, 0.717) is 5.25 Å². The number of methoxy groups -OCH3 is 1. The molecule has 0 bridgehead atoms. The maximum Gasteiger partial charge on any atom is 0.127 e. The zero-order valence-corrected chi connectivity index (χ0v) is 11.0. The molecule has 0 saturated heterocycles. The van der Waals surface area contributed by atoms with E-state index in [-0.39, 0.29) is 5.92 Å². The van der Waals surface area contributed by atoms with Gasteiger partial charge in [-0.2, -0.15) is 0 Å². The van der Waals surface area contributed by atoms with Crippen molar-refractivity contribution in [3.05, 3.63) is 23.8 Å². The van der Waals surface area contributed by atoms with Crippen molar-refractivity contribution in [1.29, 1.82) is 0 Å². The van der Waals surface area contributed by atoms with E-state index >= 15 is 0 Å². The highest BCUT2D eigenvalue weighted by Crippen LogP contribution is 2.32. The Morgan fingerprint density at radius 3 is 2.50 bits per heavy atom. The number of carbonyl (C=O) groups excluding carboxylic acids is 1.